The molecule has 0 unspecified atom stereocenters. The second kappa shape index (κ2) is 16.8. The number of hydrogen-bond donors (Lipinski definition) is 0. The van der Waals surface area contributed by atoms with Crippen LogP contribution in [0.25, 0.3) is 44.5 Å². The maximum Gasteiger partial charge on any atom is 0.0358 e. The number of aryl methyl sites for hydroxylation is 2. The van der Waals surface area contributed by atoms with Crippen LogP contribution in [0.5, 0.6) is 0 Å². The van der Waals surface area contributed by atoms with Crippen LogP contribution in [0.2, 0.25) is 0 Å². The first-order chi connectivity index (χ1) is 28.1. The van der Waals surface area contributed by atoms with E-state index in [4.69, 9.17) is 0 Å². The Balaban J connectivity index is 1.08. The zero-order valence-electron chi connectivity index (χ0n) is 32.1. The number of rotatable bonds is 10. The van der Waals surface area contributed by atoms with E-state index in [1.165, 1.54) is 85.4 Å². The zero-order valence-corrected chi connectivity index (χ0v) is 34.7. The molecule has 0 atom stereocenters. The Morgan fingerprint density at radius 1 is 0.333 bits per heavy atom. The van der Waals surface area contributed by atoms with E-state index in [9.17, 15) is 0 Å². The minimum atomic E-state index is -0.712. The highest BCUT2D eigenvalue weighted by molar-refractivity contribution is 7.80. The third-order valence-electron chi connectivity index (χ3n) is 10.5. The van der Waals surface area contributed by atoms with Crippen molar-refractivity contribution in [1.82, 2.24) is 0 Å². The van der Waals surface area contributed by atoms with Crippen LogP contribution in [-0.4, -0.2) is 0 Å². The number of benzene rings is 8. The van der Waals surface area contributed by atoms with Gasteiger partial charge in [-0.2, -0.15) is 0 Å². The van der Waals surface area contributed by atoms with Gasteiger partial charge in [-0.15, -0.1) is 11.3 Å². The topological polar surface area (TPSA) is 0 Å². The molecule has 9 aromatic rings. The summed E-state index contributed by atoms with van der Waals surface area (Å²) in [6.07, 6.45) is 9.30. The molecule has 0 aliphatic heterocycles. The summed E-state index contributed by atoms with van der Waals surface area (Å²) in [4.78, 5) is 0. The molecule has 0 amide bonds. The van der Waals surface area contributed by atoms with Gasteiger partial charge in [0.2, 0.25) is 0 Å². The van der Waals surface area contributed by atoms with E-state index in [2.05, 4.69) is 232 Å². The average Bonchev–Trinajstić information content (AvgIpc) is 3.59. The van der Waals surface area contributed by atoms with Crippen molar-refractivity contribution in [3.63, 3.8) is 0 Å². The first-order valence-electron chi connectivity index (χ1n) is 19.4. The van der Waals surface area contributed by atoms with Crippen LogP contribution in [0, 0.1) is 13.8 Å². The van der Waals surface area contributed by atoms with Crippen LogP contribution in [0.4, 0.5) is 0 Å². The molecule has 1 aromatic heterocycles. The Kier molecular flexibility index (Phi) is 10.9. The second-order valence-electron chi connectivity index (χ2n) is 14.3. The van der Waals surface area contributed by atoms with Gasteiger partial charge >= 0.3 is 0 Å². The smallest absolute Gasteiger partial charge is 0.0358 e. The third-order valence-corrected chi connectivity index (χ3v) is 16.7. The standard InChI is InChI=1S/C54H42P2S/c1-39-35-53-49(37-43(39)33-31-41-19-15-17-29-51(41)55(45-21-7-3-8-22-45)46-23-9-4-10-24-46)50-38-44(40(2)36-54(50)57-53)34-32-42-20-16-18-30-52(42)56(47-25-11-5-12-26-47)48-27-13-6-14-28-48/h3-38H,1-2H3/b33-31+,34-32+. The third kappa shape index (κ3) is 7.85. The first-order valence-corrected chi connectivity index (χ1v) is 22.9. The van der Waals surface area contributed by atoms with Gasteiger partial charge in [0.05, 0.1) is 0 Å². The van der Waals surface area contributed by atoms with E-state index in [0.717, 1.165) is 0 Å². The summed E-state index contributed by atoms with van der Waals surface area (Å²) in [5.41, 5.74) is 7.61. The zero-order chi connectivity index (χ0) is 38.6. The van der Waals surface area contributed by atoms with Gasteiger partial charge in [0.25, 0.3) is 0 Å². The number of thiophene rings is 1. The van der Waals surface area contributed by atoms with Crippen molar-refractivity contribution in [1.29, 1.82) is 0 Å². The Hall–Kier alpha value is -5.68. The summed E-state index contributed by atoms with van der Waals surface area (Å²) < 4.78 is 2.66. The molecule has 0 aliphatic rings. The largest absolute Gasteiger partial charge is 0.135 e. The first kappa shape index (κ1) is 36.9. The van der Waals surface area contributed by atoms with Gasteiger partial charge in [0.15, 0.2) is 0 Å². The van der Waals surface area contributed by atoms with E-state index in [0.29, 0.717) is 0 Å². The van der Waals surface area contributed by atoms with Gasteiger partial charge in [-0.3, -0.25) is 0 Å². The highest BCUT2D eigenvalue weighted by Gasteiger charge is 2.20. The van der Waals surface area contributed by atoms with Crippen molar-refractivity contribution in [2.75, 3.05) is 0 Å². The molecule has 0 radical (unpaired) electrons. The Morgan fingerprint density at radius 2 is 0.632 bits per heavy atom. The van der Waals surface area contributed by atoms with Crippen molar-refractivity contribution in [2.45, 2.75) is 13.8 Å². The van der Waals surface area contributed by atoms with Gasteiger partial charge in [-0.1, -0.05) is 194 Å². The van der Waals surface area contributed by atoms with E-state index in [-0.39, 0.29) is 0 Å². The molecular weight excluding hydrogens is 743 g/mol. The summed E-state index contributed by atoms with van der Waals surface area (Å²) in [7, 11) is -1.42. The Morgan fingerprint density at radius 3 is 0.982 bits per heavy atom. The fraction of sp³-hybridized carbons (Fsp3) is 0.0370. The summed E-state index contributed by atoms with van der Waals surface area (Å²) in [5, 5.41) is 10.8. The molecule has 0 saturated heterocycles. The van der Waals surface area contributed by atoms with Crippen molar-refractivity contribution < 1.29 is 0 Å². The Bertz CT molecular complexity index is 2580. The van der Waals surface area contributed by atoms with E-state index in [1.807, 2.05) is 11.3 Å². The Labute approximate surface area is 343 Å². The van der Waals surface area contributed by atoms with Crippen LogP contribution in [-0.2, 0) is 0 Å². The fourth-order valence-electron chi connectivity index (χ4n) is 7.65. The number of fused-ring (bicyclic) bond motifs is 3. The maximum atomic E-state index is 2.41. The molecule has 3 heteroatoms. The predicted molar refractivity (Wildman–Crippen MR) is 257 cm³/mol. The summed E-state index contributed by atoms with van der Waals surface area (Å²) in [6, 6.07) is 71.3. The lowest BCUT2D eigenvalue weighted by molar-refractivity contribution is 1.48. The van der Waals surface area contributed by atoms with Gasteiger partial charge < -0.3 is 0 Å². The molecule has 0 saturated carbocycles. The van der Waals surface area contributed by atoms with E-state index < -0.39 is 15.8 Å². The molecule has 0 aliphatic carbocycles. The molecular formula is C54H42P2S. The van der Waals surface area contributed by atoms with Gasteiger partial charge in [0, 0.05) is 20.2 Å². The summed E-state index contributed by atoms with van der Waals surface area (Å²) in [5.74, 6) is 0. The number of hydrogen-bond acceptors (Lipinski definition) is 1. The van der Waals surface area contributed by atoms with Crippen LogP contribution in [0.15, 0.2) is 194 Å². The molecule has 8 aromatic carbocycles. The maximum absolute atomic E-state index is 2.41. The average molecular weight is 785 g/mol. The minimum Gasteiger partial charge on any atom is -0.135 e. The molecule has 0 bridgehead atoms. The van der Waals surface area contributed by atoms with Crippen molar-refractivity contribution in [3.05, 3.63) is 228 Å². The predicted octanol–water partition coefficient (Wildman–Crippen LogP) is 12.5. The lowest BCUT2D eigenvalue weighted by Gasteiger charge is -2.21. The fourth-order valence-corrected chi connectivity index (χ4v) is 13.8. The molecule has 0 fully saturated rings. The van der Waals surface area contributed by atoms with Gasteiger partial charge in [-0.05, 0) is 119 Å². The van der Waals surface area contributed by atoms with Gasteiger partial charge in [-0.25, -0.2) is 0 Å². The van der Waals surface area contributed by atoms with Crippen molar-refractivity contribution in [3.8, 4) is 0 Å². The SMILES string of the molecule is Cc1cc2sc3cc(C)c(/C=C/c4ccccc4P(c4ccccc4)c4ccccc4)cc3c2cc1/C=C/c1ccccc1P(c1ccccc1)c1ccccc1. The van der Waals surface area contributed by atoms with Crippen LogP contribution < -0.4 is 31.8 Å². The van der Waals surface area contributed by atoms with Crippen molar-refractivity contribution in [2.24, 2.45) is 0 Å². The summed E-state index contributed by atoms with van der Waals surface area (Å²) >= 11 is 1.90. The lowest BCUT2D eigenvalue weighted by atomic mass is 10.00. The molecule has 57 heavy (non-hydrogen) atoms. The highest BCUT2D eigenvalue weighted by Crippen LogP contribution is 2.39. The summed E-state index contributed by atoms with van der Waals surface area (Å²) in [6.45, 7) is 4.49. The molecule has 1 heterocycles. The molecule has 0 spiro atoms. The quantitative estimate of drug-likeness (QED) is 0.0957. The van der Waals surface area contributed by atoms with E-state index >= 15 is 0 Å². The molecule has 0 nitrogen and oxygen atoms in total. The van der Waals surface area contributed by atoms with E-state index in [1.54, 1.807) is 0 Å². The highest BCUT2D eigenvalue weighted by atomic mass is 32.1. The minimum absolute atomic E-state index is 0.712. The van der Waals surface area contributed by atoms with Gasteiger partial charge in [0.1, 0.15) is 0 Å². The van der Waals surface area contributed by atoms with Crippen molar-refractivity contribution >= 4 is 103 Å². The monoisotopic (exact) mass is 784 g/mol. The second-order valence-corrected chi connectivity index (χ2v) is 19.8. The molecule has 274 valence electrons. The van der Waals surface area contributed by atoms with Crippen LogP contribution in [0.3, 0.4) is 0 Å². The molecule has 0 N–H and O–H groups in total. The normalized spacial score (nSPS) is 11.9. The molecule has 9 rings (SSSR count). The van der Waals surface area contributed by atoms with Crippen LogP contribution >= 0.6 is 27.2 Å². The van der Waals surface area contributed by atoms with Crippen LogP contribution in [0.1, 0.15) is 33.4 Å². The lowest BCUT2D eigenvalue weighted by Crippen LogP contribution is -2.22.